The van der Waals surface area contributed by atoms with Gasteiger partial charge in [-0.05, 0) is 17.6 Å². The first kappa shape index (κ1) is 25.4. The highest BCUT2D eigenvalue weighted by Crippen LogP contribution is 2.38. The molecule has 0 saturated carbocycles. The van der Waals surface area contributed by atoms with Gasteiger partial charge in [0.15, 0.2) is 6.29 Å². The molecule has 1 unspecified atom stereocenters. The maximum Gasteiger partial charge on any atom is 0.494 e. The van der Waals surface area contributed by atoms with E-state index in [0.29, 0.717) is 11.0 Å². The van der Waals surface area contributed by atoms with Crippen molar-refractivity contribution in [2.75, 3.05) is 26.9 Å². The fourth-order valence-corrected chi connectivity index (χ4v) is 4.31. The SMILES string of the molecule is CNC(=O)c1ccc(B2O[C@H]3[C@@H](O[C@]4(CO)O[C@H](CO)[C@@H](O)[C@@H]4O)O[C@H](CO)C(O)[C@@H]3O2)cc1. The Kier molecular flexibility index (Phi) is 7.57. The third-order valence-electron chi connectivity index (χ3n) is 6.25. The molecule has 0 spiro atoms. The fourth-order valence-electron chi connectivity index (χ4n) is 4.31. The Bertz CT molecular complexity index is 860. The van der Waals surface area contributed by atoms with Crippen molar-refractivity contribution >= 4 is 18.5 Å². The Morgan fingerprint density at radius 3 is 2.24 bits per heavy atom. The first-order chi connectivity index (χ1) is 16.3. The van der Waals surface area contributed by atoms with Crippen molar-refractivity contribution in [2.24, 2.45) is 0 Å². The number of fused-ring (bicyclic) bond motifs is 1. The number of benzene rings is 1. The van der Waals surface area contributed by atoms with E-state index < -0.39 is 81.7 Å². The molecule has 3 fully saturated rings. The van der Waals surface area contributed by atoms with Gasteiger partial charge in [-0.3, -0.25) is 4.79 Å². The molecule has 0 aromatic heterocycles. The summed E-state index contributed by atoms with van der Waals surface area (Å²) in [5.74, 6) is -2.44. The number of ether oxygens (including phenoxy) is 3. The first-order valence-electron chi connectivity index (χ1n) is 10.8. The Labute approximate surface area is 194 Å². The Hall–Kier alpha value is -1.69. The number of aliphatic hydroxyl groups is 6. The molecule has 3 aliphatic heterocycles. The summed E-state index contributed by atoms with van der Waals surface area (Å²) in [7, 11) is 0.514. The number of rotatable bonds is 7. The van der Waals surface area contributed by atoms with Crippen LogP contribution in [-0.2, 0) is 23.5 Å². The first-order valence-corrected chi connectivity index (χ1v) is 10.8. The van der Waals surface area contributed by atoms with Crippen molar-refractivity contribution in [1.29, 1.82) is 0 Å². The molecule has 3 heterocycles. The van der Waals surface area contributed by atoms with Gasteiger partial charge in [0, 0.05) is 12.6 Å². The summed E-state index contributed by atoms with van der Waals surface area (Å²) in [6.07, 6.45) is -10.5. The molecule has 7 N–H and O–H groups in total. The lowest BCUT2D eigenvalue weighted by atomic mass is 9.79. The second-order valence-electron chi connectivity index (χ2n) is 8.31. The minimum atomic E-state index is -2.17. The van der Waals surface area contributed by atoms with Crippen LogP contribution in [-0.4, -0.2) is 125 Å². The summed E-state index contributed by atoms with van der Waals surface area (Å²) in [5, 5.41) is 62.7. The number of carbonyl (C=O) groups excluding carboxylic acids is 1. The summed E-state index contributed by atoms with van der Waals surface area (Å²) in [6, 6.07) is 6.36. The van der Waals surface area contributed by atoms with E-state index in [1.807, 2.05) is 0 Å². The van der Waals surface area contributed by atoms with E-state index in [0.717, 1.165) is 0 Å². The zero-order valence-corrected chi connectivity index (χ0v) is 18.3. The quantitative estimate of drug-likeness (QED) is 0.183. The van der Waals surface area contributed by atoms with Gasteiger partial charge in [-0.15, -0.1) is 0 Å². The predicted octanol–water partition coefficient (Wildman–Crippen LogP) is -4.58. The molecule has 4 rings (SSSR count). The second-order valence-corrected chi connectivity index (χ2v) is 8.31. The molecule has 1 amide bonds. The summed E-state index contributed by atoms with van der Waals surface area (Å²) in [6.45, 7) is -2.15. The lowest BCUT2D eigenvalue weighted by Crippen LogP contribution is -2.61. The molecular weight excluding hydrogens is 457 g/mol. The molecule has 0 aliphatic carbocycles. The average Bonchev–Trinajstić information content (AvgIpc) is 3.42. The van der Waals surface area contributed by atoms with Crippen molar-refractivity contribution in [3.05, 3.63) is 29.8 Å². The molecule has 13 nitrogen and oxygen atoms in total. The van der Waals surface area contributed by atoms with Gasteiger partial charge in [-0.2, -0.15) is 0 Å². The molecule has 0 radical (unpaired) electrons. The number of nitrogens with one attached hydrogen (secondary N) is 1. The summed E-state index contributed by atoms with van der Waals surface area (Å²) in [4.78, 5) is 11.8. The summed E-state index contributed by atoms with van der Waals surface area (Å²) in [5.41, 5.74) is 0.944. The lowest BCUT2D eigenvalue weighted by molar-refractivity contribution is -0.374. The summed E-state index contributed by atoms with van der Waals surface area (Å²) < 4.78 is 28.6. The van der Waals surface area contributed by atoms with E-state index in [9.17, 15) is 35.4 Å². The van der Waals surface area contributed by atoms with Gasteiger partial charge in [0.1, 0.15) is 49.3 Å². The average molecular weight is 485 g/mol. The van der Waals surface area contributed by atoms with Crippen LogP contribution in [0, 0.1) is 0 Å². The maximum atomic E-state index is 11.8. The smallest absolute Gasteiger partial charge is 0.399 e. The van der Waals surface area contributed by atoms with Crippen molar-refractivity contribution in [1.82, 2.24) is 5.32 Å². The van der Waals surface area contributed by atoms with E-state index in [-0.39, 0.29) is 5.91 Å². The largest absolute Gasteiger partial charge is 0.494 e. The van der Waals surface area contributed by atoms with Gasteiger partial charge in [0.25, 0.3) is 5.91 Å². The molecule has 9 atom stereocenters. The molecule has 0 bridgehead atoms. The van der Waals surface area contributed by atoms with E-state index in [1.54, 1.807) is 24.3 Å². The predicted molar refractivity (Wildman–Crippen MR) is 112 cm³/mol. The van der Waals surface area contributed by atoms with Gasteiger partial charge in [-0.1, -0.05) is 12.1 Å². The van der Waals surface area contributed by atoms with Crippen LogP contribution in [0.1, 0.15) is 10.4 Å². The Balaban J connectivity index is 1.57. The highest BCUT2D eigenvalue weighted by Gasteiger charge is 2.61. The topological polar surface area (TPSA) is 197 Å². The van der Waals surface area contributed by atoms with Crippen LogP contribution in [0.2, 0.25) is 0 Å². The third kappa shape index (κ3) is 4.36. The monoisotopic (exact) mass is 485 g/mol. The lowest BCUT2D eigenvalue weighted by Gasteiger charge is -2.43. The molecule has 34 heavy (non-hydrogen) atoms. The zero-order chi connectivity index (χ0) is 24.6. The fraction of sp³-hybridized carbons (Fsp3) is 0.650. The van der Waals surface area contributed by atoms with Crippen LogP contribution in [0.15, 0.2) is 24.3 Å². The molecular formula is C20H28BNO12. The number of aliphatic hydroxyl groups excluding tert-OH is 6. The van der Waals surface area contributed by atoms with E-state index in [1.165, 1.54) is 7.05 Å². The van der Waals surface area contributed by atoms with Crippen molar-refractivity contribution in [3.8, 4) is 0 Å². The molecule has 3 aliphatic rings. The van der Waals surface area contributed by atoms with Gasteiger partial charge in [0.2, 0.25) is 5.79 Å². The Morgan fingerprint density at radius 2 is 1.68 bits per heavy atom. The molecule has 188 valence electrons. The highest BCUT2D eigenvalue weighted by atomic mass is 16.8. The number of carbonyl (C=O) groups is 1. The van der Waals surface area contributed by atoms with Gasteiger partial charge in [-0.25, -0.2) is 0 Å². The molecule has 14 heteroatoms. The number of hydrogen-bond donors (Lipinski definition) is 7. The molecule has 1 aromatic carbocycles. The standard InChI is InChI=1S/C20H28BNO12/c1-22-18(29)9-2-4-10(5-3-9)21-33-15-13(26)11(6-23)30-19(16(15)34-21)32-20(8-25)17(28)14(27)12(7-24)31-20/h2-5,11-17,19,23-28H,6-8H2,1H3,(H,22,29)/t11-,12-,13?,14-,15+,16-,17+,19-,20+/m1/s1. The second kappa shape index (κ2) is 10.1. The minimum absolute atomic E-state index is 0.274. The summed E-state index contributed by atoms with van der Waals surface area (Å²) >= 11 is 0. The highest BCUT2D eigenvalue weighted by molar-refractivity contribution is 6.61. The number of amides is 1. The van der Waals surface area contributed by atoms with Crippen LogP contribution < -0.4 is 10.8 Å². The van der Waals surface area contributed by atoms with Gasteiger partial charge >= 0.3 is 7.12 Å². The van der Waals surface area contributed by atoms with Crippen molar-refractivity contribution in [2.45, 2.75) is 54.8 Å². The molecule has 1 aromatic rings. The van der Waals surface area contributed by atoms with Crippen molar-refractivity contribution < 1.29 is 59.0 Å². The minimum Gasteiger partial charge on any atom is -0.399 e. The zero-order valence-electron chi connectivity index (χ0n) is 18.3. The Morgan fingerprint density at radius 1 is 1.03 bits per heavy atom. The third-order valence-corrected chi connectivity index (χ3v) is 6.25. The van der Waals surface area contributed by atoms with E-state index in [4.69, 9.17) is 23.5 Å². The normalized spacial score (nSPS) is 39.8. The van der Waals surface area contributed by atoms with Crippen LogP contribution in [0.3, 0.4) is 0 Å². The van der Waals surface area contributed by atoms with Crippen LogP contribution >= 0.6 is 0 Å². The van der Waals surface area contributed by atoms with Crippen molar-refractivity contribution in [3.63, 3.8) is 0 Å². The van der Waals surface area contributed by atoms with Crippen LogP contribution in [0.5, 0.6) is 0 Å². The van der Waals surface area contributed by atoms with E-state index >= 15 is 0 Å². The van der Waals surface area contributed by atoms with Crippen LogP contribution in [0.4, 0.5) is 0 Å². The maximum absolute atomic E-state index is 11.8. The van der Waals surface area contributed by atoms with Gasteiger partial charge < -0.3 is 59.5 Å². The molecule has 3 saturated heterocycles. The van der Waals surface area contributed by atoms with E-state index in [2.05, 4.69) is 5.32 Å². The van der Waals surface area contributed by atoms with Gasteiger partial charge in [0.05, 0.1) is 13.2 Å². The number of hydrogen-bond acceptors (Lipinski definition) is 12. The van der Waals surface area contributed by atoms with Crippen LogP contribution in [0.25, 0.3) is 0 Å².